The molecule has 0 bridgehead atoms. The van der Waals surface area contributed by atoms with Crippen molar-refractivity contribution in [3.05, 3.63) is 35.9 Å². The molecule has 0 amide bonds. The molecule has 2 aromatic rings. The summed E-state index contributed by atoms with van der Waals surface area (Å²) in [4.78, 5) is 11.4. The maximum atomic E-state index is 13.2. The Balaban J connectivity index is 2.54. The largest absolute Gasteiger partial charge is 0.462 e. The lowest BCUT2D eigenvalue weighted by atomic mass is 10.2. The molecule has 15 heavy (non-hydrogen) atoms. The van der Waals surface area contributed by atoms with Gasteiger partial charge in [-0.1, -0.05) is 6.07 Å². The van der Waals surface area contributed by atoms with E-state index < -0.39 is 11.9 Å². The van der Waals surface area contributed by atoms with Crippen LogP contribution in [0, 0.1) is 5.95 Å². The fraction of sp³-hybridized carbons (Fsp3) is 0.200. The quantitative estimate of drug-likeness (QED) is 0.556. The number of carbonyl (C=O) groups is 1. The average Bonchev–Trinajstić information content (AvgIpc) is 2.63. The molecule has 0 fully saturated rings. The second-order valence-corrected chi connectivity index (χ2v) is 2.92. The van der Waals surface area contributed by atoms with Gasteiger partial charge < -0.3 is 4.74 Å². The molecule has 4 nitrogen and oxygen atoms in total. The number of carbonyl (C=O) groups excluding carboxylic acids is 1. The van der Waals surface area contributed by atoms with Crippen molar-refractivity contribution in [1.82, 2.24) is 9.61 Å². The van der Waals surface area contributed by atoms with Crippen LogP contribution in [0.25, 0.3) is 5.52 Å². The van der Waals surface area contributed by atoms with E-state index in [-0.39, 0.29) is 12.2 Å². The summed E-state index contributed by atoms with van der Waals surface area (Å²) in [5.74, 6) is -0.999. The molecule has 0 saturated carbocycles. The molecule has 2 heterocycles. The highest BCUT2D eigenvalue weighted by atomic mass is 19.1. The fourth-order valence-electron chi connectivity index (χ4n) is 1.34. The molecular weight excluding hydrogens is 199 g/mol. The minimum atomic E-state index is -0.511. The topological polar surface area (TPSA) is 43.6 Å². The van der Waals surface area contributed by atoms with Crippen molar-refractivity contribution < 1.29 is 13.9 Å². The van der Waals surface area contributed by atoms with Crippen molar-refractivity contribution in [2.45, 2.75) is 6.92 Å². The zero-order valence-corrected chi connectivity index (χ0v) is 8.11. The summed E-state index contributed by atoms with van der Waals surface area (Å²) in [5.41, 5.74) is 0.685. The fourth-order valence-corrected chi connectivity index (χ4v) is 1.34. The minimum Gasteiger partial charge on any atom is -0.462 e. The third kappa shape index (κ3) is 1.56. The predicted octanol–water partition coefficient (Wildman–Crippen LogP) is 1.65. The highest BCUT2D eigenvalue weighted by Gasteiger charge is 2.14. The van der Waals surface area contributed by atoms with Gasteiger partial charge in [-0.05, 0) is 19.1 Å². The third-order valence-corrected chi connectivity index (χ3v) is 1.99. The Bertz CT molecular complexity index is 507. The Morgan fingerprint density at radius 1 is 1.60 bits per heavy atom. The van der Waals surface area contributed by atoms with Crippen LogP contribution in [0.4, 0.5) is 4.39 Å². The molecule has 2 rings (SSSR count). The van der Waals surface area contributed by atoms with Gasteiger partial charge in [0.1, 0.15) is 5.56 Å². The molecule has 0 spiro atoms. The number of aromatic nitrogens is 2. The van der Waals surface area contributed by atoms with Crippen molar-refractivity contribution in [2.75, 3.05) is 6.61 Å². The predicted molar refractivity (Wildman–Crippen MR) is 51.1 cm³/mol. The van der Waals surface area contributed by atoms with Crippen LogP contribution in [0.5, 0.6) is 0 Å². The number of fused-ring (bicyclic) bond motifs is 1. The Morgan fingerprint density at radius 3 is 3.13 bits per heavy atom. The van der Waals surface area contributed by atoms with Crippen LogP contribution in [-0.4, -0.2) is 22.2 Å². The van der Waals surface area contributed by atoms with E-state index in [2.05, 4.69) is 5.10 Å². The van der Waals surface area contributed by atoms with Gasteiger partial charge in [0.2, 0.25) is 5.95 Å². The van der Waals surface area contributed by atoms with Crippen molar-refractivity contribution in [3.63, 3.8) is 0 Å². The molecule has 78 valence electrons. The van der Waals surface area contributed by atoms with Gasteiger partial charge in [-0.15, -0.1) is 0 Å². The molecule has 2 aromatic heterocycles. The molecule has 0 unspecified atom stereocenters. The Morgan fingerprint density at radius 2 is 2.40 bits per heavy atom. The average molecular weight is 208 g/mol. The van der Waals surface area contributed by atoms with Gasteiger partial charge in [0, 0.05) is 0 Å². The Labute approximate surface area is 85.3 Å². The molecule has 0 aliphatic carbocycles. The standard InChI is InChI=1S/C10H9FN2O2/c1-2-15-10(14)7-6-12-13-8(7)4-3-5-9(13)11/h3-6H,2H2,1H3. The third-order valence-electron chi connectivity index (χ3n) is 1.99. The molecule has 5 heteroatoms. The molecule has 0 N–H and O–H groups in total. The number of pyridine rings is 1. The van der Waals surface area contributed by atoms with Crippen LogP contribution < -0.4 is 0 Å². The molecule has 0 aromatic carbocycles. The van der Waals surface area contributed by atoms with E-state index in [1.165, 1.54) is 18.3 Å². The monoisotopic (exact) mass is 208 g/mol. The second-order valence-electron chi connectivity index (χ2n) is 2.92. The van der Waals surface area contributed by atoms with Crippen LogP contribution >= 0.6 is 0 Å². The summed E-state index contributed by atoms with van der Waals surface area (Å²) in [7, 11) is 0. The van der Waals surface area contributed by atoms with Gasteiger partial charge in [0.15, 0.2) is 0 Å². The van der Waals surface area contributed by atoms with Crippen LogP contribution in [0.1, 0.15) is 17.3 Å². The summed E-state index contributed by atoms with van der Waals surface area (Å²) in [5, 5.41) is 3.76. The summed E-state index contributed by atoms with van der Waals surface area (Å²) in [6, 6.07) is 4.41. The van der Waals surface area contributed by atoms with Crippen LogP contribution in [0.15, 0.2) is 24.4 Å². The minimum absolute atomic E-state index is 0.274. The number of ether oxygens (including phenoxy) is 1. The van der Waals surface area contributed by atoms with Gasteiger partial charge >= 0.3 is 5.97 Å². The maximum absolute atomic E-state index is 13.2. The highest BCUT2D eigenvalue weighted by Crippen LogP contribution is 2.13. The van der Waals surface area contributed by atoms with E-state index in [1.807, 2.05) is 0 Å². The van der Waals surface area contributed by atoms with Crippen LogP contribution in [-0.2, 0) is 4.74 Å². The normalized spacial score (nSPS) is 10.5. The first-order chi connectivity index (χ1) is 7.24. The van der Waals surface area contributed by atoms with E-state index >= 15 is 0 Å². The smallest absolute Gasteiger partial charge is 0.341 e. The van der Waals surface area contributed by atoms with Crippen molar-refractivity contribution in [1.29, 1.82) is 0 Å². The number of hydrogen-bond acceptors (Lipinski definition) is 3. The summed E-state index contributed by atoms with van der Waals surface area (Å²) < 4.78 is 19.1. The second kappa shape index (κ2) is 3.68. The van der Waals surface area contributed by atoms with Crippen LogP contribution in [0.2, 0.25) is 0 Å². The molecule has 0 saturated heterocycles. The van der Waals surface area contributed by atoms with Gasteiger partial charge in [-0.2, -0.15) is 9.49 Å². The van der Waals surface area contributed by atoms with Crippen LogP contribution in [0.3, 0.4) is 0 Å². The van der Waals surface area contributed by atoms with E-state index in [0.29, 0.717) is 5.52 Å². The van der Waals surface area contributed by atoms with E-state index in [0.717, 1.165) is 4.52 Å². The number of hydrogen-bond donors (Lipinski definition) is 0. The first-order valence-corrected chi connectivity index (χ1v) is 4.53. The first-order valence-electron chi connectivity index (χ1n) is 4.53. The zero-order valence-electron chi connectivity index (χ0n) is 8.11. The Kier molecular flexibility index (Phi) is 2.37. The lowest BCUT2D eigenvalue weighted by molar-refractivity contribution is 0.0528. The van der Waals surface area contributed by atoms with Gasteiger partial charge in [0.05, 0.1) is 18.3 Å². The van der Waals surface area contributed by atoms with Crippen molar-refractivity contribution in [3.8, 4) is 0 Å². The lowest BCUT2D eigenvalue weighted by Crippen LogP contribution is -2.04. The molecule has 0 radical (unpaired) electrons. The van der Waals surface area contributed by atoms with E-state index in [4.69, 9.17) is 4.74 Å². The number of esters is 1. The number of nitrogens with zero attached hydrogens (tertiary/aromatic N) is 2. The highest BCUT2D eigenvalue weighted by molar-refractivity contribution is 5.96. The van der Waals surface area contributed by atoms with Gasteiger partial charge in [-0.25, -0.2) is 9.31 Å². The van der Waals surface area contributed by atoms with Gasteiger partial charge in [-0.3, -0.25) is 0 Å². The van der Waals surface area contributed by atoms with Gasteiger partial charge in [0.25, 0.3) is 0 Å². The molecule has 0 aliphatic heterocycles. The van der Waals surface area contributed by atoms with E-state index in [9.17, 15) is 9.18 Å². The maximum Gasteiger partial charge on any atom is 0.341 e. The number of halogens is 1. The molecule has 0 atom stereocenters. The zero-order chi connectivity index (χ0) is 10.8. The molecule has 0 aliphatic rings. The van der Waals surface area contributed by atoms with E-state index in [1.54, 1.807) is 13.0 Å². The summed E-state index contributed by atoms with van der Waals surface area (Å²) in [6.45, 7) is 2.00. The SMILES string of the molecule is CCOC(=O)c1cnn2c(F)cccc12. The molecular formula is C10H9FN2O2. The van der Waals surface area contributed by atoms with Crippen molar-refractivity contribution in [2.24, 2.45) is 0 Å². The summed E-state index contributed by atoms with van der Waals surface area (Å²) >= 11 is 0. The lowest BCUT2D eigenvalue weighted by Gasteiger charge is -1.99. The summed E-state index contributed by atoms with van der Waals surface area (Å²) in [6.07, 6.45) is 1.30. The number of rotatable bonds is 2. The first kappa shape index (κ1) is 9.64. The Hall–Kier alpha value is -1.91. The van der Waals surface area contributed by atoms with Crippen molar-refractivity contribution >= 4 is 11.5 Å².